The van der Waals surface area contributed by atoms with Crippen LogP contribution in [-0.4, -0.2) is 69.4 Å². The largest absolute Gasteiger partial charge is 0.756 e. The predicted octanol–water partition coefficient (Wildman–Crippen LogP) is 17.4. The number of carbonyl (C=O) groups is 2. The smallest absolute Gasteiger partial charge is 0.306 e. The molecule has 1 amide bonds. The molecule has 0 aromatic heterocycles. The average molecular weight is 1040 g/mol. The van der Waals surface area contributed by atoms with Gasteiger partial charge in [-0.05, 0) is 96.0 Å². The van der Waals surface area contributed by atoms with Crippen molar-refractivity contribution >= 4 is 19.7 Å². The predicted molar refractivity (Wildman–Crippen MR) is 311 cm³/mol. The van der Waals surface area contributed by atoms with Crippen LogP contribution in [0.2, 0.25) is 0 Å². The number of ether oxygens (including phenoxy) is 1. The number of amides is 1. The van der Waals surface area contributed by atoms with E-state index >= 15 is 0 Å². The van der Waals surface area contributed by atoms with Crippen LogP contribution >= 0.6 is 7.82 Å². The Morgan fingerprint density at radius 2 is 0.890 bits per heavy atom. The molecule has 420 valence electrons. The lowest BCUT2D eigenvalue weighted by molar-refractivity contribution is -0.870. The van der Waals surface area contributed by atoms with Gasteiger partial charge in [-0.1, -0.05) is 227 Å². The van der Waals surface area contributed by atoms with Crippen LogP contribution in [0.3, 0.4) is 0 Å². The van der Waals surface area contributed by atoms with Gasteiger partial charge in [0.05, 0.1) is 33.8 Å². The summed E-state index contributed by atoms with van der Waals surface area (Å²) in [5.74, 6) is -0.653. The fraction of sp³-hybridized carbons (Fsp3) is 0.714. The number of quaternary nitrogens is 1. The van der Waals surface area contributed by atoms with Gasteiger partial charge >= 0.3 is 5.97 Å². The highest BCUT2D eigenvalue weighted by molar-refractivity contribution is 7.45. The van der Waals surface area contributed by atoms with Crippen LogP contribution in [0.5, 0.6) is 0 Å². The molecular weight excluding hydrogens is 928 g/mol. The van der Waals surface area contributed by atoms with Crippen LogP contribution in [0.25, 0.3) is 0 Å². The van der Waals surface area contributed by atoms with Gasteiger partial charge in [-0.25, -0.2) is 0 Å². The molecular formula is C63H111N2O7P. The van der Waals surface area contributed by atoms with Gasteiger partial charge in [0.1, 0.15) is 19.3 Å². The van der Waals surface area contributed by atoms with E-state index < -0.39 is 32.5 Å². The van der Waals surface area contributed by atoms with Crippen LogP contribution in [-0.2, 0) is 27.9 Å². The molecule has 0 aromatic carbocycles. The highest BCUT2D eigenvalue weighted by Gasteiger charge is 2.27. The van der Waals surface area contributed by atoms with Crippen molar-refractivity contribution in [1.29, 1.82) is 0 Å². The number of phosphoric acid groups is 1. The molecule has 9 nitrogen and oxygen atoms in total. The van der Waals surface area contributed by atoms with E-state index in [1.807, 2.05) is 39.4 Å². The monoisotopic (exact) mass is 1040 g/mol. The number of unbranched alkanes of at least 4 members (excludes halogenated alkanes) is 22. The summed E-state index contributed by atoms with van der Waals surface area (Å²) in [5.41, 5.74) is 0. The number of rotatable bonds is 52. The van der Waals surface area contributed by atoms with E-state index in [4.69, 9.17) is 13.8 Å². The third-order valence-electron chi connectivity index (χ3n) is 12.5. The fourth-order valence-corrected chi connectivity index (χ4v) is 8.68. The number of allylic oxidation sites excluding steroid dienone is 15. The number of nitrogens with zero attached hydrogens (tertiary/aromatic N) is 1. The van der Waals surface area contributed by atoms with Crippen LogP contribution in [0.1, 0.15) is 239 Å². The van der Waals surface area contributed by atoms with Crippen molar-refractivity contribution in [1.82, 2.24) is 5.32 Å². The minimum atomic E-state index is -4.72. The number of phosphoric ester groups is 1. The van der Waals surface area contributed by atoms with Gasteiger partial charge in [-0.15, -0.1) is 0 Å². The van der Waals surface area contributed by atoms with Crippen LogP contribution < -0.4 is 10.2 Å². The van der Waals surface area contributed by atoms with Gasteiger partial charge in [-0.3, -0.25) is 14.2 Å². The van der Waals surface area contributed by atoms with E-state index in [9.17, 15) is 19.0 Å². The molecule has 0 heterocycles. The zero-order valence-electron chi connectivity index (χ0n) is 47.8. The molecule has 10 heteroatoms. The molecule has 0 bridgehead atoms. The summed E-state index contributed by atoms with van der Waals surface area (Å²) in [7, 11) is 1.13. The van der Waals surface area contributed by atoms with Crippen LogP contribution in [0.4, 0.5) is 0 Å². The Bertz CT molecular complexity index is 1570. The summed E-state index contributed by atoms with van der Waals surface area (Å²) in [4.78, 5) is 39.9. The highest BCUT2D eigenvalue weighted by Crippen LogP contribution is 2.38. The maximum Gasteiger partial charge on any atom is 0.306 e. The quantitative estimate of drug-likeness (QED) is 0.0212. The first-order valence-corrected chi connectivity index (χ1v) is 31.0. The molecule has 0 aliphatic carbocycles. The van der Waals surface area contributed by atoms with Gasteiger partial charge < -0.3 is 28.5 Å². The van der Waals surface area contributed by atoms with Crippen molar-refractivity contribution in [3.05, 3.63) is 97.2 Å². The average Bonchev–Trinajstić information content (AvgIpc) is 3.35. The molecule has 1 N–H and O–H groups in total. The Morgan fingerprint density at radius 1 is 0.493 bits per heavy atom. The van der Waals surface area contributed by atoms with Gasteiger partial charge in [0.25, 0.3) is 7.82 Å². The number of hydrogen-bond acceptors (Lipinski definition) is 7. The van der Waals surface area contributed by atoms with Gasteiger partial charge in [-0.2, -0.15) is 0 Å². The molecule has 0 fully saturated rings. The normalized spacial score (nSPS) is 14.5. The summed E-state index contributed by atoms with van der Waals surface area (Å²) < 4.78 is 30.2. The standard InChI is InChI=1S/C63H111N2O7P/c1-7-10-13-16-19-22-25-28-30-32-33-34-36-38-41-44-47-50-53-56-63(67)72-61(54-51-48-45-42-39-27-24-21-18-15-12-9-3)60(59-71-73(68,69)70-58-57-65(4,5)6)64-62(66)55-52-49-46-43-40-37-35-31-29-26-23-20-17-14-11-8-2/h10,13,19,22,28,30-31,33-35,38,41,47,50-51,54,60-61H,7-9,11-12,14-18,20-21,23-27,29,32,36-37,39-40,42-46,48-49,52-53,55-59H2,1-6H3,(H-,64,66,68,69)/b13-10-,22-19-,30-28-,34-33-,35-31+,41-38-,50-47-,54-51+. The molecule has 3 atom stereocenters. The van der Waals surface area contributed by atoms with Crippen LogP contribution in [0.15, 0.2) is 97.2 Å². The van der Waals surface area contributed by atoms with Crippen molar-refractivity contribution in [3.63, 3.8) is 0 Å². The molecule has 73 heavy (non-hydrogen) atoms. The molecule has 3 unspecified atom stereocenters. The SMILES string of the molecule is CC/C=C\C/C=C\C/C=C\C/C=C\C/C=C\C/C=C\CCC(=O)OC(/C=C/CCCCCCCCCCCC)C(COP(=O)([O-])OCC[N+](C)(C)C)NC(=O)CCCCCCC/C=C/CCCCCCCCC. The molecule has 0 radical (unpaired) electrons. The van der Waals surface area contributed by atoms with Crippen molar-refractivity contribution in [2.75, 3.05) is 40.9 Å². The first-order chi connectivity index (χ1) is 35.4. The number of likely N-dealkylation sites (N-methyl/N-ethyl adjacent to an activating group) is 1. The lowest BCUT2D eigenvalue weighted by atomic mass is 10.0. The lowest BCUT2D eigenvalue weighted by Crippen LogP contribution is -2.47. The van der Waals surface area contributed by atoms with Gasteiger partial charge in [0.15, 0.2) is 0 Å². The number of hydrogen-bond donors (Lipinski definition) is 1. The Balaban J connectivity index is 5.46. The fourth-order valence-electron chi connectivity index (χ4n) is 7.95. The number of carbonyl (C=O) groups excluding carboxylic acids is 2. The van der Waals surface area contributed by atoms with E-state index in [1.165, 1.54) is 103 Å². The molecule has 0 aliphatic heterocycles. The Kier molecular flexibility index (Phi) is 50.2. The first-order valence-electron chi connectivity index (χ1n) is 29.5. The van der Waals surface area contributed by atoms with E-state index in [0.717, 1.165) is 89.9 Å². The van der Waals surface area contributed by atoms with Gasteiger partial charge in [0.2, 0.25) is 5.91 Å². The van der Waals surface area contributed by atoms with Crippen molar-refractivity contribution in [2.24, 2.45) is 0 Å². The number of nitrogens with one attached hydrogen (secondary N) is 1. The van der Waals surface area contributed by atoms with E-state index in [0.29, 0.717) is 23.9 Å². The van der Waals surface area contributed by atoms with Crippen LogP contribution in [0, 0.1) is 0 Å². The molecule has 0 aromatic rings. The summed E-state index contributed by atoms with van der Waals surface area (Å²) in [6.07, 6.45) is 69.6. The maximum atomic E-state index is 13.5. The molecule has 0 spiro atoms. The third-order valence-corrected chi connectivity index (χ3v) is 13.5. The minimum absolute atomic E-state index is 0.0391. The van der Waals surface area contributed by atoms with Crippen molar-refractivity contribution in [2.45, 2.75) is 251 Å². The Morgan fingerprint density at radius 3 is 1.34 bits per heavy atom. The molecule has 0 saturated heterocycles. The molecule has 0 saturated carbocycles. The summed E-state index contributed by atoms with van der Waals surface area (Å²) >= 11 is 0. The van der Waals surface area contributed by atoms with Crippen molar-refractivity contribution < 1.29 is 37.3 Å². The third kappa shape index (κ3) is 53.6. The lowest BCUT2D eigenvalue weighted by Gasteiger charge is -2.30. The first kappa shape index (κ1) is 69.9. The summed E-state index contributed by atoms with van der Waals surface area (Å²) in [5, 5.41) is 3.00. The minimum Gasteiger partial charge on any atom is -0.756 e. The van der Waals surface area contributed by atoms with Crippen molar-refractivity contribution in [3.8, 4) is 0 Å². The summed E-state index contributed by atoms with van der Waals surface area (Å²) in [6.45, 7) is 6.66. The highest BCUT2D eigenvalue weighted by atomic mass is 31.2. The topological polar surface area (TPSA) is 114 Å². The zero-order valence-corrected chi connectivity index (χ0v) is 48.7. The second kappa shape index (κ2) is 52.4. The Hall–Kier alpha value is -3.07. The van der Waals surface area contributed by atoms with E-state index in [2.05, 4.69) is 99.0 Å². The molecule has 0 aliphatic rings. The molecule has 0 rings (SSSR count). The summed E-state index contributed by atoms with van der Waals surface area (Å²) in [6, 6.07) is -0.927. The second-order valence-corrected chi connectivity index (χ2v) is 22.2. The van der Waals surface area contributed by atoms with Gasteiger partial charge in [0, 0.05) is 12.8 Å². The number of esters is 1. The zero-order chi connectivity index (χ0) is 53.6. The Labute approximate surface area is 449 Å². The maximum absolute atomic E-state index is 13.5. The van der Waals surface area contributed by atoms with E-state index in [1.54, 1.807) is 6.08 Å². The van der Waals surface area contributed by atoms with E-state index in [-0.39, 0.29) is 25.4 Å². The second-order valence-electron chi connectivity index (χ2n) is 20.8.